The van der Waals surface area contributed by atoms with E-state index >= 15 is 0 Å². The van der Waals surface area contributed by atoms with Crippen LogP contribution in [0.1, 0.15) is 64.3 Å². The number of nitrogens with zero attached hydrogens (tertiary/aromatic N) is 6. The van der Waals surface area contributed by atoms with Gasteiger partial charge in [-0.1, -0.05) is 0 Å². The Morgan fingerprint density at radius 3 is 2.20 bits per heavy atom. The number of aliphatic hydroxyl groups is 3. The Kier molecular flexibility index (Phi) is 13.3. The van der Waals surface area contributed by atoms with E-state index in [-0.39, 0.29) is 12.8 Å². The number of carbonyl (C=O) groups is 4. The highest BCUT2D eigenvalue weighted by Gasteiger charge is 2.44. The molecule has 19 heteroatoms. The lowest BCUT2D eigenvalue weighted by atomic mass is 10.1. The highest BCUT2D eigenvalue weighted by molar-refractivity contribution is 6.09. The molecule has 1 aliphatic heterocycles. The Labute approximate surface area is 286 Å². The number of imidazole rings is 2. The molecule has 4 rings (SSSR count). The molecule has 19 nitrogen and oxygen atoms in total. The van der Waals surface area contributed by atoms with Crippen LogP contribution in [0.5, 0.6) is 0 Å². The maximum Gasteiger partial charge on any atom is 0.326 e. The zero-order valence-corrected chi connectivity index (χ0v) is 27.7. The molecule has 0 saturated carbocycles. The minimum absolute atomic E-state index is 0.254. The quantitative estimate of drug-likeness (QED) is 0.0562. The number of ether oxygens (including phenoxy) is 1. The van der Waals surface area contributed by atoms with Crippen molar-refractivity contribution in [2.45, 2.75) is 89.0 Å². The van der Waals surface area contributed by atoms with E-state index in [1.807, 2.05) is 0 Å². The summed E-state index contributed by atoms with van der Waals surface area (Å²) < 4.78 is 8.78. The molecule has 50 heavy (non-hydrogen) atoms. The van der Waals surface area contributed by atoms with Crippen molar-refractivity contribution in [3.8, 4) is 0 Å². The van der Waals surface area contributed by atoms with E-state index in [1.54, 1.807) is 23.0 Å². The Morgan fingerprint density at radius 2 is 1.60 bits per heavy atom. The van der Waals surface area contributed by atoms with Gasteiger partial charge >= 0.3 is 11.9 Å². The van der Waals surface area contributed by atoms with Crippen LogP contribution in [-0.4, -0.2) is 130 Å². The number of hydrogen-bond acceptors (Lipinski definition) is 13. The zero-order chi connectivity index (χ0) is 36.4. The SMILES string of the molecule is CC(=O)N[C@@H](CCCCN=C/C(=C\NCCCC[C@H](NC(C)=O)C(=O)O)c1cn2cnc3c(ncn3[C@@H]3O[C@H](CO)[C@@H](O)[C@H]3O)c2n1)C(=O)O. The zero-order valence-electron chi connectivity index (χ0n) is 27.7. The molecule has 0 aliphatic carbocycles. The van der Waals surface area contributed by atoms with Gasteiger partial charge in [0.25, 0.3) is 0 Å². The molecule has 0 spiro atoms. The van der Waals surface area contributed by atoms with E-state index in [2.05, 4.69) is 30.9 Å². The van der Waals surface area contributed by atoms with Gasteiger partial charge in [0.15, 0.2) is 23.0 Å². The van der Waals surface area contributed by atoms with Crippen molar-refractivity contribution in [1.29, 1.82) is 0 Å². The number of aliphatic hydroxyl groups excluding tert-OH is 3. The lowest BCUT2D eigenvalue weighted by Gasteiger charge is -2.16. The highest BCUT2D eigenvalue weighted by atomic mass is 16.6. The summed E-state index contributed by atoms with van der Waals surface area (Å²) in [5.41, 5.74) is 2.25. The highest BCUT2D eigenvalue weighted by Crippen LogP contribution is 2.32. The molecular weight excluding hydrogens is 658 g/mol. The number of carbonyl (C=O) groups excluding carboxylic acids is 2. The first-order valence-corrected chi connectivity index (χ1v) is 16.2. The predicted molar refractivity (Wildman–Crippen MR) is 177 cm³/mol. The molecule has 8 N–H and O–H groups in total. The molecule has 0 aromatic carbocycles. The lowest BCUT2D eigenvalue weighted by Crippen LogP contribution is -2.39. The fourth-order valence-electron chi connectivity index (χ4n) is 5.50. The maximum absolute atomic E-state index is 11.4. The summed E-state index contributed by atoms with van der Waals surface area (Å²) in [6.45, 7) is 2.91. The number of allylic oxidation sites excluding steroid dienone is 1. The van der Waals surface area contributed by atoms with Gasteiger partial charge in [-0.25, -0.2) is 24.5 Å². The van der Waals surface area contributed by atoms with Crippen molar-refractivity contribution in [3.05, 3.63) is 30.7 Å². The molecule has 1 fully saturated rings. The Bertz CT molecular complexity index is 1720. The van der Waals surface area contributed by atoms with Gasteiger partial charge in [-0.3, -0.25) is 23.5 Å². The maximum atomic E-state index is 11.4. The van der Waals surface area contributed by atoms with Gasteiger partial charge in [-0.15, -0.1) is 0 Å². The number of fused-ring (bicyclic) bond motifs is 3. The number of carboxylic acid groups (broad SMARTS) is 2. The van der Waals surface area contributed by atoms with Crippen LogP contribution < -0.4 is 16.0 Å². The minimum Gasteiger partial charge on any atom is -0.480 e. The molecule has 3 aromatic rings. The lowest BCUT2D eigenvalue weighted by molar-refractivity contribution is -0.142. The van der Waals surface area contributed by atoms with Gasteiger partial charge < -0.3 is 46.2 Å². The smallest absolute Gasteiger partial charge is 0.326 e. The molecule has 1 aliphatic rings. The molecule has 0 unspecified atom stereocenters. The van der Waals surface area contributed by atoms with E-state index < -0.39 is 67.0 Å². The van der Waals surface area contributed by atoms with Crippen molar-refractivity contribution >= 4 is 52.4 Å². The van der Waals surface area contributed by atoms with Crippen LogP contribution in [0.2, 0.25) is 0 Å². The van der Waals surface area contributed by atoms with Crippen LogP contribution in [0, 0.1) is 0 Å². The number of nitrogens with one attached hydrogen (secondary N) is 3. The van der Waals surface area contributed by atoms with Crippen molar-refractivity contribution < 1.29 is 49.4 Å². The number of unbranched alkanes of at least 4 members (excludes halogenated alkanes) is 2. The topological polar surface area (TPSA) is 275 Å². The molecule has 2 amide bonds. The third kappa shape index (κ3) is 9.59. The van der Waals surface area contributed by atoms with E-state index in [9.17, 15) is 44.7 Å². The van der Waals surface area contributed by atoms with E-state index in [0.717, 1.165) is 0 Å². The van der Waals surface area contributed by atoms with Gasteiger partial charge in [-0.2, -0.15) is 0 Å². The van der Waals surface area contributed by atoms with Crippen LogP contribution in [0.25, 0.3) is 22.4 Å². The molecule has 6 atom stereocenters. The molecule has 3 aromatic heterocycles. The first-order valence-electron chi connectivity index (χ1n) is 16.2. The summed E-state index contributed by atoms with van der Waals surface area (Å²) in [4.78, 5) is 63.5. The summed E-state index contributed by atoms with van der Waals surface area (Å²) in [6.07, 6.45) is 6.10. The first kappa shape index (κ1) is 37.8. The summed E-state index contributed by atoms with van der Waals surface area (Å²) in [7, 11) is 0. The molecule has 272 valence electrons. The second kappa shape index (κ2) is 17.6. The third-order valence-electron chi connectivity index (χ3n) is 8.04. The molecule has 1 saturated heterocycles. The van der Waals surface area contributed by atoms with Crippen LogP contribution in [0.4, 0.5) is 0 Å². The fraction of sp³-hybridized carbons (Fsp3) is 0.548. The van der Waals surface area contributed by atoms with E-state index in [4.69, 9.17) is 9.72 Å². The monoisotopic (exact) mass is 701 g/mol. The third-order valence-corrected chi connectivity index (χ3v) is 8.04. The number of aromatic nitrogens is 5. The fourth-order valence-corrected chi connectivity index (χ4v) is 5.50. The Morgan fingerprint density at radius 1 is 0.940 bits per heavy atom. The standard InChI is InChI=1S/C31H43N9O10/c1-17(42)36-20(30(46)47)7-3-5-9-32-11-19(12-33-10-6-4-8-21(31(48)49)37-18(2)43)22-13-39-15-35-27-24(28(39)38-22)34-16-40(27)29-26(45)25(44)23(14-41)50-29/h11-13,15-16,20-21,23,25-26,29,32,41,44-45H,3-10,14H2,1-2H3,(H,36,42)(H,37,43)(H,46,47)(H,48,49)/b19-11+,33-12?/t20-,21-,23+,25+,26+,29+/m0/s1. The van der Waals surface area contributed by atoms with Crippen molar-refractivity contribution in [1.82, 2.24) is 39.9 Å². The molecule has 0 radical (unpaired) electrons. The van der Waals surface area contributed by atoms with Gasteiger partial charge in [0.1, 0.15) is 36.7 Å². The number of carboxylic acids is 2. The van der Waals surface area contributed by atoms with Crippen LogP contribution in [0.15, 0.2) is 30.0 Å². The first-order chi connectivity index (χ1) is 23.9. The van der Waals surface area contributed by atoms with Gasteiger partial charge in [0.05, 0.1) is 18.6 Å². The summed E-state index contributed by atoms with van der Waals surface area (Å²) >= 11 is 0. The summed E-state index contributed by atoms with van der Waals surface area (Å²) in [6, 6.07) is -1.94. The number of hydrogen-bond donors (Lipinski definition) is 8. The average molecular weight is 702 g/mol. The van der Waals surface area contributed by atoms with Crippen molar-refractivity contribution in [3.63, 3.8) is 0 Å². The molecule has 4 heterocycles. The normalized spacial score (nSPS) is 20.7. The second-order valence-electron chi connectivity index (χ2n) is 11.9. The average Bonchev–Trinajstić information content (AvgIpc) is 3.76. The van der Waals surface area contributed by atoms with Crippen LogP contribution in [-0.2, 0) is 23.9 Å². The second-order valence-corrected chi connectivity index (χ2v) is 11.9. The predicted octanol–water partition coefficient (Wildman–Crippen LogP) is -0.789. The van der Waals surface area contributed by atoms with Crippen LogP contribution in [0.3, 0.4) is 0 Å². The van der Waals surface area contributed by atoms with Gasteiger partial charge in [0, 0.05) is 51.1 Å². The molecule has 0 bridgehead atoms. The van der Waals surface area contributed by atoms with Gasteiger partial charge in [-0.05, 0) is 38.5 Å². The summed E-state index contributed by atoms with van der Waals surface area (Å²) in [5.74, 6) is -3.04. The largest absolute Gasteiger partial charge is 0.480 e. The van der Waals surface area contributed by atoms with Crippen molar-refractivity contribution in [2.75, 3.05) is 19.7 Å². The number of amides is 2. The number of aliphatic imine (C=N–C) groups is 1. The Balaban J connectivity index is 1.49. The molecular formula is C31H43N9O10. The summed E-state index contributed by atoms with van der Waals surface area (Å²) in [5, 5.41) is 56.9. The minimum atomic E-state index is -1.32. The Hall–Kier alpha value is -4.98. The van der Waals surface area contributed by atoms with Gasteiger partial charge in [0.2, 0.25) is 11.8 Å². The number of aliphatic carboxylic acids is 2. The number of rotatable bonds is 19. The van der Waals surface area contributed by atoms with E-state index in [0.29, 0.717) is 66.9 Å². The van der Waals surface area contributed by atoms with E-state index in [1.165, 1.54) is 31.1 Å². The van der Waals surface area contributed by atoms with Crippen LogP contribution >= 0.6 is 0 Å². The van der Waals surface area contributed by atoms with Crippen molar-refractivity contribution in [2.24, 2.45) is 4.99 Å².